The maximum atomic E-state index is 13.1. The zero-order valence-corrected chi connectivity index (χ0v) is 13.7. The van der Waals surface area contributed by atoms with E-state index in [0.717, 1.165) is 6.07 Å². The van der Waals surface area contributed by atoms with Gasteiger partial charge in [-0.05, 0) is 37.3 Å². The number of carbonyl (C=O) groups is 2. The SMILES string of the molecule is CC(OC(=O)c1cccc2ocnc12)C(=O)Nc1ccc(F)c(Cl)c1. The van der Waals surface area contributed by atoms with Gasteiger partial charge in [0.15, 0.2) is 18.1 Å². The minimum absolute atomic E-state index is 0.125. The highest BCUT2D eigenvalue weighted by molar-refractivity contribution is 6.31. The monoisotopic (exact) mass is 362 g/mol. The number of ether oxygens (including phenoxy) is 1. The van der Waals surface area contributed by atoms with Crippen molar-refractivity contribution >= 4 is 40.3 Å². The first-order valence-electron chi connectivity index (χ1n) is 7.25. The summed E-state index contributed by atoms with van der Waals surface area (Å²) in [6.45, 7) is 1.42. The summed E-state index contributed by atoms with van der Waals surface area (Å²) in [6, 6.07) is 8.55. The summed E-state index contributed by atoms with van der Waals surface area (Å²) in [5.41, 5.74) is 1.27. The maximum absolute atomic E-state index is 13.1. The highest BCUT2D eigenvalue weighted by atomic mass is 35.5. The Hall–Kier alpha value is -2.93. The quantitative estimate of drug-likeness (QED) is 0.714. The minimum Gasteiger partial charge on any atom is -0.449 e. The topological polar surface area (TPSA) is 81.4 Å². The Morgan fingerprint density at radius 3 is 2.88 bits per heavy atom. The van der Waals surface area contributed by atoms with Crippen LogP contribution in [0.5, 0.6) is 0 Å². The van der Waals surface area contributed by atoms with Crippen molar-refractivity contribution in [2.24, 2.45) is 0 Å². The molecule has 2 aromatic carbocycles. The number of aromatic nitrogens is 1. The fourth-order valence-corrected chi connectivity index (χ4v) is 2.33. The molecule has 1 unspecified atom stereocenters. The van der Waals surface area contributed by atoms with Crippen LogP contribution < -0.4 is 5.32 Å². The lowest BCUT2D eigenvalue weighted by molar-refractivity contribution is -0.123. The van der Waals surface area contributed by atoms with Gasteiger partial charge in [-0.2, -0.15) is 0 Å². The number of anilines is 1. The largest absolute Gasteiger partial charge is 0.449 e. The number of para-hydroxylation sites is 1. The number of nitrogens with zero attached hydrogens (tertiary/aromatic N) is 1. The van der Waals surface area contributed by atoms with Crippen molar-refractivity contribution in [3.63, 3.8) is 0 Å². The molecular weight excluding hydrogens is 351 g/mol. The Morgan fingerprint density at radius 1 is 1.32 bits per heavy atom. The summed E-state index contributed by atoms with van der Waals surface area (Å²) in [4.78, 5) is 28.4. The van der Waals surface area contributed by atoms with E-state index in [1.54, 1.807) is 12.1 Å². The minimum atomic E-state index is -1.08. The van der Waals surface area contributed by atoms with Crippen molar-refractivity contribution in [1.29, 1.82) is 0 Å². The highest BCUT2D eigenvalue weighted by Gasteiger charge is 2.21. The van der Waals surface area contributed by atoms with Crippen LogP contribution in [-0.4, -0.2) is 23.0 Å². The number of nitrogens with one attached hydrogen (secondary N) is 1. The van der Waals surface area contributed by atoms with Crippen molar-refractivity contribution in [1.82, 2.24) is 4.98 Å². The van der Waals surface area contributed by atoms with E-state index in [-0.39, 0.29) is 16.3 Å². The van der Waals surface area contributed by atoms with Crippen LogP contribution in [0, 0.1) is 5.82 Å². The Balaban J connectivity index is 1.69. The predicted octanol–water partition coefficient (Wildman–Crippen LogP) is 3.80. The normalized spacial score (nSPS) is 12.0. The van der Waals surface area contributed by atoms with Crippen LogP contribution in [0.1, 0.15) is 17.3 Å². The van der Waals surface area contributed by atoms with Crippen molar-refractivity contribution < 1.29 is 23.1 Å². The Bertz CT molecular complexity index is 957. The van der Waals surface area contributed by atoms with Gasteiger partial charge >= 0.3 is 5.97 Å². The molecule has 0 fully saturated rings. The number of hydrogen-bond donors (Lipinski definition) is 1. The summed E-state index contributed by atoms with van der Waals surface area (Å²) in [6.07, 6.45) is 0.133. The number of esters is 1. The van der Waals surface area contributed by atoms with Gasteiger partial charge in [-0.3, -0.25) is 4.79 Å². The van der Waals surface area contributed by atoms with Gasteiger partial charge in [-0.15, -0.1) is 0 Å². The van der Waals surface area contributed by atoms with Gasteiger partial charge in [0.2, 0.25) is 0 Å². The first-order valence-corrected chi connectivity index (χ1v) is 7.62. The van der Waals surface area contributed by atoms with E-state index in [4.69, 9.17) is 20.8 Å². The molecule has 6 nitrogen and oxygen atoms in total. The van der Waals surface area contributed by atoms with E-state index >= 15 is 0 Å². The van der Waals surface area contributed by atoms with Crippen molar-refractivity contribution in [2.45, 2.75) is 13.0 Å². The van der Waals surface area contributed by atoms with Gasteiger partial charge in [-0.1, -0.05) is 17.7 Å². The van der Waals surface area contributed by atoms with E-state index in [0.29, 0.717) is 11.1 Å². The summed E-state index contributed by atoms with van der Waals surface area (Å²) in [5, 5.41) is 2.37. The van der Waals surface area contributed by atoms with Crippen LogP contribution >= 0.6 is 11.6 Å². The molecular formula is C17H12ClFN2O4. The van der Waals surface area contributed by atoms with Gasteiger partial charge in [0.25, 0.3) is 5.91 Å². The molecule has 0 spiro atoms. The lowest BCUT2D eigenvalue weighted by atomic mass is 10.2. The lowest BCUT2D eigenvalue weighted by Crippen LogP contribution is -2.30. The smallest absolute Gasteiger partial charge is 0.341 e. The average molecular weight is 363 g/mol. The summed E-state index contributed by atoms with van der Waals surface area (Å²) < 4.78 is 23.4. The molecule has 1 atom stereocenters. The van der Waals surface area contributed by atoms with Crippen LogP contribution in [0.3, 0.4) is 0 Å². The number of fused-ring (bicyclic) bond motifs is 1. The maximum Gasteiger partial charge on any atom is 0.341 e. The van der Waals surface area contributed by atoms with Crippen LogP contribution in [0.4, 0.5) is 10.1 Å². The molecule has 1 aromatic heterocycles. The number of halogens is 2. The zero-order valence-electron chi connectivity index (χ0n) is 13.0. The second kappa shape index (κ2) is 6.90. The Kier molecular flexibility index (Phi) is 4.67. The van der Waals surface area contributed by atoms with Gasteiger partial charge in [-0.25, -0.2) is 14.2 Å². The molecule has 0 aliphatic heterocycles. The molecule has 3 rings (SSSR count). The molecule has 1 heterocycles. The first-order chi connectivity index (χ1) is 12.0. The van der Waals surface area contributed by atoms with Crippen molar-refractivity contribution in [3.05, 3.63) is 59.2 Å². The Labute approximate surface area is 146 Å². The molecule has 1 amide bonds. The van der Waals surface area contributed by atoms with Gasteiger partial charge in [0.1, 0.15) is 11.3 Å². The number of hydrogen-bond acceptors (Lipinski definition) is 5. The average Bonchev–Trinajstić information content (AvgIpc) is 3.06. The van der Waals surface area contributed by atoms with Crippen molar-refractivity contribution in [2.75, 3.05) is 5.32 Å². The van der Waals surface area contributed by atoms with E-state index < -0.39 is 23.8 Å². The first kappa shape index (κ1) is 16.9. The standard InChI is InChI=1S/C17H12ClFN2O4/c1-9(16(22)21-10-5-6-13(19)12(18)7-10)25-17(23)11-3-2-4-14-15(11)20-8-24-14/h2-9H,1H3,(H,21,22). The van der Waals surface area contributed by atoms with Gasteiger partial charge < -0.3 is 14.5 Å². The number of carbonyl (C=O) groups excluding carboxylic acids is 2. The van der Waals surface area contributed by atoms with Crippen LogP contribution in [-0.2, 0) is 9.53 Å². The highest BCUT2D eigenvalue weighted by Crippen LogP contribution is 2.20. The third kappa shape index (κ3) is 3.61. The number of amides is 1. The van der Waals surface area contributed by atoms with E-state index in [2.05, 4.69) is 10.3 Å². The van der Waals surface area contributed by atoms with Crippen LogP contribution in [0.25, 0.3) is 11.1 Å². The fraction of sp³-hybridized carbons (Fsp3) is 0.118. The van der Waals surface area contributed by atoms with Crippen LogP contribution in [0.15, 0.2) is 47.2 Å². The molecule has 0 saturated heterocycles. The van der Waals surface area contributed by atoms with Gasteiger partial charge in [0, 0.05) is 5.69 Å². The molecule has 1 N–H and O–H groups in total. The number of benzene rings is 2. The van der Waals surface area contributed by atoms with Gasteiger partial charge in [0.05, 0.1) is 10.6 Å². The lowest BCUT2D eigenvalue weighted by Gasteiger charge is -2.14. The second-order valence-corrected chi connectivity index (χ2v) is 5.58. The molecule has 128 valence electrons. The molecule has 0 aliphatic carbocycles. The molecule has 3 aromatic rings. The Morgan fingerprint density at radius 2 is 2.12 bits per heavy atom. The third-order valence-electron chi connectivity index (χ3n) is 3.42. The van der Waals surface area contributed by atoms with Crippen molar-refractivity contribution in [3.8, 4) is 0 Å². The van der Waals surface area contributed by atoms with Crippen LogP contribution in [0.2, 0.25) is 5.02 Å². The fourth-order valence-electron chi connectivity index (χ4n) is 2.15. The summed E-state index contributed by atoms with van der Waals surface area (Å²) in [7, 11) is 0. The second-order valence-electron chi connectivity index (χ2n) is 5.17. The predicted molar refractivity (Wildman–Crippen MR) is 88.9 cm³/mol. The summed E-state index contributed by atoms with van der Waals surface area (Å²) in [5.74, 6) is -1.89. The van der Waals surface area contributed by atoms with E-state index in [1.165, 1.54) is 31.5 Å². The summed E-state index contributed by atoms with van der Waals surface area (Å²) >= 11 is 5.66. The number of oxazole rings is 1. The van der Waals surface area contributed by atoms with E-state index in [1.807, 2.05) is 0 Å². The van der Waals surface area contributed by atoms with E-state index in [9.17, 15) is 14.0 Å². The molecule has 0 saturated carbocycles. The molecule has 0 bridgehead atoms. The number of rotatable bonds is 4. The molecule has 8 heteroatoms. The third-order valence-corrected chi connectivity index (χ3v) is 3.71. The molecule has 25 heavy (non-hydrogen) atoms. The molecule has 0 radical (unpaired) electrons. The zero-order chi connectivity index (χ0) is 18.0. The molecule has 0 aliphatic rings.